The number of aryl methyl sites for hydroxylation is 1. The number of ether oxygens (including phenoxy) is 1. The van der Waals surface area contributed by atoms with Gasteiger partial charge in [0.05, 0.1) is 12.0 Å². The van der Waals surface area contributed by atoms with Crippen molar-refractivity contribution < 1.29 is 14.6 Å². The van der Waals surface area contributed by atoms with Gasteiger partial charge in [0.1, 0.15) is 0 Å². The van der Waals surface area contributed by atoms with E-state index in [1.54, 1.807) is 7.11 Å². The van der Waals surface area contributed by atoms with Gasteiger partial charge in [-0.25, -0.2) is 0 Å². The van der Waals surface area contributed by atoms with Crippen LogP contribution in [0.2, 0.25) is 0 Å². The minimum absolute atomic E-state index is 0.0669. The van der Waals surface area contributed by atoms with Gasteiger partial charge in [-0.1, -0.05) is 31.2 Å². The molecule has 0 spiro atoms. The summed E-state index contributed by atoms with van der Waals surface area (Å²) in [5, 5.41) is 10.7. The standard InChI is InChI=1S/C18H27NO3/c1-14-6-4-5-7-16(14)12-17(20)19-10-8-18(21,9-11-22-3)15(2)13-19/h4-7,15,21H,8-13H2,1-3H3/t15-,18-/m1/s1. The van der Waals surface area contributed by atoms with E-state index in [0.717, 1.165) is 11.1 Å². The Morgan fingerprint density at radius 2 is 2.18 bits per heavy atom. The van der Waals surface area contributed by atoms with Crippen LogP contribution in [0.15, 0.2) is 24.3 Å². The van der Waals surface area contributed by atoms with Gasteiger partial charge in [0, 0.05) is 32.7 Å². The summed E-state index contributed by atoms with van der Waals surface area (Å²) in [5.74, 6) is 0.215. The van der Waals surface area contributed by atoms with E-state index in [1.165, 1.54) is 0 Å². The van der Waals surface area contributed by atoms with Gasteiger partial charge in [-0.3, -0.25) is 4.79 Å². The second kappa shape index (κ2) is 7.25. The Hall–Kier alpha value is -1.39. The van der Waals surface area contributed by atoms with Crippen molar-refractivity contribution in [1.82, 2.24) is 4.90 Å². The maximum Gasteiger partial charge on any atom is 0.227 e. The molecule has 122 valence electrons. The van der Waals surface area contributed by atoms with Crippen LogP contribution in [-0.2, 0) is 16.0 Å². The molecule has 2 rings (SSSR count). The molecule has 1 aromatic carbocycles. The Bertz CT molecular complexity index is 517. The van der Waals surface area contributed by atoms with Gasteiger partial charge in [-0.2, -0.15) is 0 Å². The van der Waals surface area contributed by atoms with Crippen LogP contribution >= 0.6 is 0 Å². The lowest BCUT2D eigenvalue weighted by molar-refractivity contribution is -0.139. The fraction of sp³-hybridized carbons (Fsp3) is 0.611. The van der Waals surface area contributed by atoms with Crippen molar-refractivity contribution in [2.75, 3.05) is 26.8 Å². The number of amides is 1. The molecule has 2 atom stereocenters. The lowest BCUT2D eigenvalue weighted by atomic mass is 9.79. The summed E-state index contributed by atoms with van der Waals surface area (Å²) in [4.78, 5) is 14.4. The van der Waals surface area contributed by atoms with E-state index >= 15 is 0 Å². The summed E-state index contributed by atoms with van der Waals surface area (Å²) >= 11 is 0. The summed E-state index contributed by atoms with van der Waals surface area (Å²) < 4.78 is 5.08. The molecule has 0 radical (unpaired) electrons. The average Bonchev–Trinajstić information content (AvgIpc) is 2.50. The highest BCUT2D eigenvalue weighted by molar-refractivity contribution is 5.79. The molecule has 0 aliphatic carbocycles. The monoisotopic (exact) mass is 305 g/mol. The Kier molecular flexibility index (Phi) is 5.59. The lowest BCUT2D eigenvalue weighted by Crippen LogP contribution is -2.53. The second-order valence-corrected chi connectivity index (χ2v) is 6.44. The first-order valence-corrected chi connectivity index (χ1v) is 8.00. The van der Waals surface area contributed by atoms with Gasteiger partial charge in [0.15, 0.2) is 0 Å². The van der Waals surface area contributed by atoms with Crippen molar-refractivity contribution >= 4 is 5.91 Å². The van der Waals surface area contributed by atoms with Crippen LogP contribution < -0.4 is 0 Å². The molecule has 1 aliphatic rings. The highest BCUT2D eigenvalue weighted by Crippen LogP contribution is 2.31. The van der Waals surface area contributed by atoms with Crippen molar-refractivity contribution in [1.29, 1.82) is 0 Å². The normalized spacial score (nSPS) is 25.3. The quantitative estimate of drug-likeness (QED) is 0.907. The van der Waals surface area contributed by atoms with Gasteiger partial charge < -0.3 is 14.7 Å². The molecule has 22 heavy (non-hydrogen) atoms. The molecule has 4 nitrogen and oxygen atoms in total. The van der Waals surface area contributed by atoms with Crippen molar-refractivity contribution in [3.63, 3.8) is 0 Å². The third-order valence-electron chi connectivity index (χ3n) is 4.92. The Morgan fingerprint density at radius 3 is 2.82 bits per heavy atom. The van der Waals surface area contributed by atoms with Gasteiger partial charge in [-0.15, -0.1) is 0 Å². The number of rotatable bonds is 5. The molecule has 1 saturated heterocycles. The lowest BCUT2D eigenvalue weighted by Gasteiger charge is -2.43. The zero-order valence-corrected chi connectivity index (χ0v) is 13.8. The van der Waals surface area contributed by atoms with E-state index in [4.69, 9.17) is 4.74 Å². The van der Waals surface area contributed by atoms with Crippen LogP contribution in [0.5, 0.6) is 0 Å². The smallest absolute Gasteiger partial charge is 0.227 e. The molecule has 1 amide bonds. The Morgan fingerprint density at radius 1 is 1.45 bits per heavy atom. The van der Waals surface area contributed by atoms with Gasteiger partial charge in [0.25, 0.3) is 0 Å². The van der Waals surface area contributed by atoms with Crippen LogP contribution in [0.1, 0.15) is 30.9 Å². The molecule has 4 heteroatoms. The molecule has 0 saturated carbocycles. The number of hydrogen-bond donors (Lipinski definition) is 1. The molecular weight excluding hydrogens is 278 g/mol. The zero-order valence-electron chi connectivity index (χ0n) is 13.8. The summed E-state index contributed by atoms with van der Waals surface area (Å²) in [5.41, 5.74) is 1.52. The highest BCUT2D eigenvalue weighted by atomic mass is 16.5. The first kappa shape index (κ1) is 17.0. The number of hydrogen-bond acceptors (Lipinski definition) is 3. The van der Waals surface area contributed by atoms with Crippen LogP contribution in [0.4, 0.5) is 0 Å². The van der Waals surface area contributed by atoms with Crippen molar-refractivity contribution in [2.24, 2.45) is 5.92 Å². The fourth-order valence-corrected chi connectivity index (χ4v) is 3.13. The number of carbonyl (C=O) groups is 1. The van der Waals surface area contributed by atoms with Crippen LogP contribution in [0, 0.1) is 12.8 Å². The second-order valence-electron chi connectivity index (χ2n) is 6.44. The predicted molar refractivity (Wildman–Crippen MR) is 86.7 cm³/mol. The number of piperidine rings is 1. The van der Waals surface area contributed by atoms with E-state index in [2.05, 4.69) is 0 Å². The zero-order chi connectivity index (χ0) is 16.2. The van der Waals surface area contributed by atoms with E-state index in [-0.39, 0.29) is 11.8 Å². The van der Waals surface area contributed by atoms with Gasteiger partial charge >= 0.3 is 0 Å². The molecule has 1 aromatic rings. The molecule has 0 unspecified atom stereocenters. The largest absolute Gasteiger partial charge is 0.389 e. The van der Waals surface area contributed by atoms with E-state index in [0.29, 0.717) is 39.0 Å². The summed E-state index contributed by atoms with van der Waals surface area (Å²) in [6.07, 6.45) is 1.69. The minimum atomic E-state index is -0.713. The SMILES string of the molecule is COCC[C@]1(O)CCN(C(=O)Cc2ccccc2C)C[C@H]1C. The summed E-state index contributed by atoms with van der Waals surface area (Å²) in [7, 11) is 1.65. The van der Waals surface area contributed by atoms with Gasteiger partial charge in [-0.05, 0) is 30.9 Å². The summed E-state index contributed by atoms with van der Waals surface area (Å²) in [6.45, 7) is 5.84. The number of aliphatic hydroxyl groups is 1. The van der Waals surface area contributed by atoms with E-state index < -0.39 is 5.60 Å². The van der Waals surface area contributed by atoms with Gasteiger partial charge in [0.2, 0.25) is 5.91 Å². The first-order valence-electron chi connectivity index (χ1n) is 8.00. The molecule has 1 heterocycles. The molecule has 1 fully saturated rings. The highest BCUT2D eigenvalue weighted by Gasteiger charge is 2.39. The molecule has 0 bridgehead atoms. The van der Waals surface area contributed by atoms with E-state index in [9.17, 15) is 9.90 Å². The molecular formula is C18H27NO3. The van der Waals surface area contributed by atoms with Crippen LogP contribution in [0.3, 0.4) is 0 Å². The van der Waals surface area contributed by atoms with Crippen LogP contribution in [-0.4, -0.2) is 48.3 Å². The molecule has 1 N–H and O–H groups in total. The molecule has 0 aromatic heterocycles. The Balaban J connectivity index is 1.95. The van der Waals surface area contributed by atoms with Crippen LogP contribution in [0.25, 0.3) is 0 Å². The minimum Gasteiger partial charge on any atom is -0.389 e. The number of benzene rings is 1. The number of carbonyl (C=O) groups excluding carboxylic acids is 1. The third kappa shape index (κ3) is 3.87. The third-order valence-corrected chi connectivity index (χ3v) is 4.92. The van der Waals surface area contributed by atoms with Crippen molar-refractivity contribution in [2.45, 2.75) is 38.7 Å². The predicted octanol–water partition coefficient (Wildman–Crippen LogP) is 2.17. The van der Waals surface area contributed by atoms with Crippen molar-refractivity contribution in [3.8, 4) is 0 Å². The maximum atomic E-state index is 12.5. The summed E-state index contributed by atoms with van der Waals surface area (Å²) in [6, 6.07) is 8.00. The fourth-order valence-electron chi connectivity index (χ4n) is 3.13. The molecule has 1 aliphatic heterocycles. The number of nitrogens with zero attached hydrogens (tertiary/aromatic N) is 1. The topological polar surface area (TPSA) is 49.8 Å². The Labute approximate surface area is 133 Å². The number of likely N-dealkylation sites (tertiary alicyclic amines) is 1. The average molecular weight is 305 g/mol. The first-order chi connectivity index (χ1) is 10.5. The van der Waals surface area contributed by atoms with E-state index in [1.807, 2.05) is 43.0 Å². The number of methoxy groups -OCH3 is 1. The van der Waals surface area contributed by atoms with Crippen molar-refractivity contribution in [3.05, 3.63) is 35.4 Å². The maximum absolute atomic E-state index is 12.5.